The number of aliphatic hydroxyl groups is 1. The van der Waals surface area contributed by atoms with Crippen LogP contribution in [0.15, 0.2) is 0 Å². The van der Waals surface area contributed by atoms with Gasteiger partial charge in [0.15, 0.2) is 0 Å². The molecule has 1 fully saturated rings. The summed E-state index contributed by atoms with van der Waals surface area (Å²) in [5, 5.41) is 13.1. The minimum atomic E-state index is -1.39. The van der Waals surface area contributed by atoms with E-state index in [2.05, 4.69) is 10.1 Å². The zero-order valence-electron chi connectivity index (χ0n) is 14.1. The van der Waals surface area contributed by atoms with Gasteiger partial charge < -0.3 is 24.6 Å². The van der Waals surface area contributed by atoms with E-state index in [9.17, 15) is 14.7 Å². The third-order valence-corrected chi connectivity index (χ3v) is 3.27. The van der Waals surface area contributed by atoms with Gasteiger partial charge >= 0.3 is 12.1 Å². The van der Waals surface area contributed by atoms with Crippen LogP contribution in [-0.2, 0) is 19.0 Å². The Bertz CT molecular complexity index is 411. The van der Waals surface area contributed by atoms with Crippen molar-refractivity contribution in [3.63, 3.8) is 0 Å². The Morgan fingerprint density at radius 2 is 1.91 bits per heavy atom. The lowest BCUT2D eigenvalue weighted by molar-refractivity contribution is -0.152. The third kappa shape index (κ3) is 4.84. The quantitative estimate of drug-likeness (QED) is 0.565. The number of ether oxygens (including phenoxy) is 3. The highest BCUT2D eigenvalue weighted by Gasteiger charge is 2.61. The summed E-state index contributed by atoms with van der Waals surface area (Å²) < 4.78 is 15.0. The molecule has 0 spiro atoms. The fourth-order valence-electron chi connectivity index (χ4n) is 2.22. The summed E-state index contributed by atoms with van der Waals surface area (Å²) in [6.45, 7) is 9.23. The zero-order chi connectivity index (χ0) is 17.1. The van der Waals surface area contributed by atoms with Crippen molar-refractivity contribution in [2.75, 3.05) is 13.7 Å². The summed E-state index contributed by atoms with van der Waals surface area (Å²) in [5.74, 6) is -0.442. The molecule has 0 bridgehead atoms. The van der Waals surface area contributed by atoms with Crippen molar-refractivity contribution in [2.24, 2.45) is 5.92 Å². The lowest BCUT2D eigenvalue weighted by atomic mass is 9.91. The van der Waals surface area contributed by atoms with Crippen LogP contribution in [0.5, 0.6) is 0 Å². The topological polar surface area (TPSA) is 97.4 Å². The molecule has 0 aromatic carbocycles. The first-order valence-electron chi connectivity index (χ1n) is 7.42. The van der Waals surface area contributed by atoms with Crippen molar-refractivity contribution < 1.29 is 28.9 Å². The number of epoxide rings is 1. The Balaban J connectivity index is 2.80. The maximum absolute atomic E-state index is 11.9. The van der Waals surface area contributed by atoms with Crippen molar-refractivity contribution in [1.29, 1.82) is 0 Å². The van der Waals surface area contributed by atoms with E-state index < -0.39 is 35.4 Å². The zero-order valence-corrected chi connectivity index (χ0v) is 14.1. The minimum Gasteiger partial charge on any atom is -0.467 e. The van der Waals surface area contributed by atoms with E-state index in [4.69, 9.17) is 9.47 Å². The molecule has 0 aromatic heterocycles. The molecule has 128 valence electrons. The molecule has 0 saturated carbocycles. The van der Waals surface area contributed by atoms with E-state index >= 15 is 0 Å². The molecule has 1 heterocycles. The summed E-state index contributed by atoms with van der Waals surface area (Å²) in [7, 11) is 1.23. The number of methoxy groups -OCH3 is 1. The van der Waals surface area contributed by atoms with Crippen LogP contribution in [0.4, 0.5) is 4.79 Å². The second-order valence-electron chi connectivity index (χ2n) is 7.00. The van der Waals surface area contributed by atoms with E-state index in [0.29, 0.717) is 6.42 Å². The van der Waals surface area contributed by atoms with Crippen LogP contribution in [0.1, 0.15) is 41.0 Å². The number of hydrogen-bond donors (Lipinski definition) is 2. The first-order chi connectivity index (χ1) is 10.0. The average Bonchev–Trinajstić information content (AvgIpc) is 3.14. The van der Waals surface area contributed by atoms with Crippen LogP contribution in [0.2, 0.25) is 0 Å². The highest BCUT2D eigenvalue weighted by Crippen LogP contribution is 2.35. The lowest BCUT2D eigenvalue weighted by Crippen LogP contribution is -2.54. The molecule has 0 aliphatic carbocycles. The molecule has 1 aliphatic rings. The number of hydrogen-bond acceptors (Lipinski definition) is 6. The van der Waals surface area contributed by atoms with Crippen LogP contribution in [0.3, 0.4) is 0 Å². The number of nitrogens with one attached hydrogen (secondary N) is 1. The number of carbonyl (C=O) groups is 2. The van der Waals surface area contributed by atoms with Crippen molar-refractivity contribution in [1.82, 2.24) is 5.32 Å². The van der Waals surface area contributed by atoms with Gasteiger partial charge in [-0.2, -0.15) is 0 Å². The maximum Gasteiger partial charge on any atom is 0.407 e. The number of rotatable bonds is 6. The van der Waals surface area contributed by atoms with E-state index in [1.54, 1.807) is 20.8 Å². The molecular formula is C15H27NO6. The molecule has 2 N–H and O–H groups in total. The molecule has 1 rings (SSSR count). The Kier molecular flexibility index (Phi) is 5.81. The van der Waals surface area contributed by atoms with Gasteiger partial charge in [0.2, 0.25) is 5.60 Å². The molecule has 1 amide bonds. The maximum atomic E-state index is 11.9. The third-order valence-electron chi connectivity index (χ3n) is 3.27. The number of amides is 1. The number of esters is 1. The Morgan fingerprint density at radius 3 is 2.27 bits per heavy atom. The summed E-state index contributed by atoms with van der Waals surface area (Å²) >= 11 is 0. The molecule has 0 aromatic rings. The highest BCUT2D eigenvalue weighted by atomic mass is 16.7. The molecule has 1 saturated heterocycles. The standard InChI is InChI=1S/C15H27NO6/c1-9(2)7-10(16-13(19)22-14(3,4)5)11(17)15(8-21-15)12(18)20-6/h9-11,17H,7-8H2,1-6H3,(H,16,19)/t10-,11+,15+/m1/s1. The van der Waals surface area contributed by atoms with E-state index in [1.165, 1.54) is 7.11 Å². The lowest BCUT2D eigenvalue weighted by Gasteiger charge is -2.29. The van der Waals surface area contributed by atoms with Gasteiger partial charge in [-0.05, 0) is 33.1 Å². The fourth-order valence-corrected chi connectivity index (χ4v) is 2.22. The van der Waals surface area contributed by atoms with Gasteiger partial charge in [-0.1, -0.05) is 13.8 Å². The first kappa shape index (κ1) is 18.7. The van der Waals surface area contributed by atoms with Gasteiger partial charge in [0.1, 0.15) is 11.7 Å². The molecular weight excluding hydrogens is 290 g/mol. The second kappa shape index (κ2) is 6.83. The van der Waals surface area contributed by atoms with Gasteiger partial charge in [-0.25, -0.2) is 9.59 Å². The normalized spacial score (nSPS) is 23.6. The van der Waals surface area contributed by atoms with Crippen molar-refractivity contribution in [3.05, 3.63) is 0 Å². The minimum absolute atomic E-state index is 0.0748. The molecule has 3 atom stereocenters. The summed E-state index contributed by atoms with van der Waals surface area (Å²) in [6, 6.07) is -0.670. The Morgan fingerprint density at radius 1 is 1.36 bits per heavy atom. The number of alkyl carbamates (subject to hydrolysis) is 1. The smallest absolute Gasteiger partial charge is 0.407 e. The fraction of sp³-hybridized carbons (Fsp3) is 0.867. The summed E-state index contributed by atoms with van der Waals surface area (Å²) in [5.41, 5.74) is -2.03. The molecule has 7 heteroatoms. The van der Waals surface area contributed by atoms with Crippen LogP contribution in [0, 0.1) is 5.92 Å². The Hall–Kier alpha value is -1.34. The number of aliphatic hydroxyl groups excluding tert-OH is 1. The molecule has 0 radical (unpaired) electrons. The highest BCUT2D eigenvalue weighted by molar-refractivity contribution is 5.83. The van der Waals surface area contributed by atoms with Crippen LogP contribution < -0.4 is 5.32 Å². The van der Waals surface area contributed by atoms with E-state index in [-0.39, 0.29) is 12.5 Å². The van der Waals surface area contributed by atoms with Gasteiger partial charge in [-0.15, -0.1) is 0 Å². The molecule has 0 unspecified atom stereocenters. The van der Waals surface area contributed by atoms with Crippen LogP contribution >= 0.6 is 0 Å². The molecule has 22 heavy (non-hydrogen) atoms. The average molecular weight is 317 g/mol. The van der Waals surface area contributed by atoms with Crippen LogP contribution in [0.25, 0.3) is 0 Å². The molecule has 7 nitrogen and oxygen atoms in total. The van der Waals surface area contributed by atoms with Gasteiger partial charge in [-0.3, -0.25) is 0 Å². The monoisotopic (exact) mass is 317 g/mol. The predicted molar refractivity (Wildman–Crippen MR) is 79.3 cm³/mol. The summed E-state index contributed by atoms with van der Waals surface area (Å²) in [4.78, 5) is 23.7. The van der Waals surface area contributed by atoms with Gasteiger partial charge in [0.05, 0.1) is 19.8 Å². The van der Waals surface area contributed by atoms with Crippen LogP contribution in [-0.4, -0.2) is 54.2 Å². The Labute approximate surface area is 131 Å². The summed E-state index contributed by atoms with van der Waals surface area (Å²) in [6.07, 6.45) is -1.37. The second-order valence-corrected chi connectivity index (χ2v) is 7.00. The predicted octanol–water partition coefficient (Wildman–Crippen LogP) is 1.23. The number of carbonyl (C=O) groups excluding carboxylic acids is 2. The first-order valence-corrected chi connectivity index (χ1v) is 7.42. The van der Waals surface area contributed by atoms with Crippen molar-refractivity contribution >= 4 is 12.1 Å². The molecule has 1 aliphatic heterocycles. The largest absolute Gasteiger partial charge is 0.467 e. The van der Waals surface area contributed by atoms with E-state index in [0.717, 1.165) is 0 Å². The van der Waals surface area contributed by atoms with Crippen molar-refractivity contribution in [2.45, 2.75) is 64.4 Å². The van der Waals surface area contributed by atoms with Gasteiger partial charge in [0, 0.05) is 0 Å². The SMILES string of the molecule is COC(=O)[C@@]1([C@@H](O)[C@@H](CC(C)C)NC(=O)OC(C)(C)C)CO1. The van der Waals surface area contributed by atoms with Gasteiger partial charge in [0.25, 0.3) is 0 Å². The van der Waals surface area contributed by atoms with E-state index in [1.807, 2.05) is 13.8 Å². The van der Waals surface area contributed by atoms with Crippen molar-refractivity contribution in [3.8, 4) is 0 Å².